The third-order valence-corrected chi connectivity index (χ3v) is 6.54. The summed E-state index contributed by atoms with van der Waals surface area (Å²) in [6, 6.07) is 19.8. The Morgan fingerprint density at radius 1 is 1.11 bits per heavy atom. The standard InChI is InChI=1S/C26H21N3O5S/c1-27-25(31)22-14-29(20-9-4-5-10-21(20)34-22)24(30)15-33-26(32)17-13-19(23-11-6-12-35-23)28-18-8-3-2-7-16(17)18/h2-13,22H,14-15H2,1H3,(H,27,31)/t22-/m0/s1. The first-order valence-electron chi connectivity index (χ1n) is 10.9. The van der Waals surface area contributed by atoms with Crippen LogP contribution in [0.2, 0.25) is 0 Å². The van der Waals surface area contributed by atoms with Gasteiger partial charge in [0.1, 0.15) is 5.75 Å². The van der Waals surface area contributed by atoms with Gasteiger partial charge in [-0.15, -0.1) is 11.3 Å². The molecule has 35 heavy (non-hydrogen) atoms. The average molecular weight is 488 g/mol. The van der Waals surface area contributed by atoms with Crippen molar-refractivity contribution in [3.8, 4) is 16.3 Å². The Morgan fingerprint density at radius 3 is 2.71 bits per heavy atom. The van der Waals surface area contributed by atoms with Gasteiger partial charge in [-0.05, 0) is 35.7 Å². The van der Waals surface area contributed by atoms with Crippen LogP contribution in [-0.2, 0) is 14.3 Å². The molecule has 2 amide bonds. The first-order valence-corrected chi connectivity index (χ1v) is 11.8. The maximum Gasteiger partial charge on any atom is 0.339 e. The van der Waals surface area contributed by atoms with Gasteiger partial charge in [-0.2, -0.15) is 0 Å². The maximum atomic E-state index is 13.1. The van der Waals surface area contributed by atoms with Crippen LogP contribution >= 0.6 is 11.3 Å². The quantitative estimate of drug-likeness (QED) is 0.432. The van der Waals surface area contributed by atoms with Gasteiger partial charge < -0.3 is 19.7 Å². The number of nitrogens with zero attached hydrogens (tertiary/aromatic N) is 2. The summed E-state index contributed by atoms with van der Waals surface area (Å²) in [5.41, 5.74) is 2.17. The summed E-state index contributed by atoms with van der Waals surface area (Å²) < 4.78 is 11.2. The number of amides is 2. The molecule has 0 saturated carbocycles. The van der Waals surface area contributed by atoms with Crippen molar-refractivity contribution in [1.82, 2.24) is 10.3 Å². The molecule has 1 aliphatic heterocycles. The first kappa shape index (κ1) is 22.5. The van der Waals surface area contributed by atoms with Crippen molar-refractivity contribution in [3.63, 3.8) is 0 Å². The second kappa shape index (κ2) is 9.55. The van der Waals surface area contributed by atoms with E-state index in [1.54, 1.807) is 36.4 Å². The van der Waals surface area contributed by atoms with E-state index in [9.17, 15) is 14.4 Å². The minimum Gasteiger partial charge on any atom is -0.477 e. The van der Waals surface area contributed by atoms with E-state index >= 15 is 0 Å². The lowest BCUT2D eigenvalue weighted by Crippen LogP contribution is -2.51. The zero-order valence-corrected chi connectivity index (χ0v) is 19.6. The van der Waals surface area contributed by atoms with Crippen molar-refractivity contribution in [2.45, 2.75) is 6.10 Å². The highest BCUT2D eigenvalue weighted by Gasteiger charge is 2.33. The van der Waals surface area contributed by atoms with Crippen molar-refractivity contribution in [2.75, 3.05) is 25.1 Å². The highest BCUT2D eigenvalue weighted by molar-refractivity contribution is 7.13. The normalized spacial score (nSPS) is 14.7. The van der Waals surface area contributed by atoms with Gasteiger partial charge in [0.05, 0.1) is 33.9 Å². The van der Waals surface area contributed by atoms with Crippen molar-refractivity contribution in [1.29, 1.82) is 0 Å². The summed E-state index contributed by atoms with van der Waals surface area (Å²) >= 11 is 1.52. The third-order valence-electron chi connectivity index (χ3n) is 5.65. The van der Waals surface area contributed by atoms with Gasteiger partial charge in [-0.1, -0.05) is 36.4 Å². The van der Waals surface area contributed by atoms with Gasteiger partial charge in [-0.25, -0.2) is 9.78 Å². The van der Waals surface area contributed by atoms with Crippen LogP contribution in [0.1, 0.15) is 10.4 Å². The van der Waals surface area contributed by atoms with E-state index in [0.29, 0.717) is 33.6 Å². The minimum absolute atomic E-state index is 0.00772. The number of hydrogen-bond acceptors (Lipinski definition) is 7. The Balaban J connectivity index is 1.39. The predicted molar refractivity (Wildman–Crippen MR) is 133 cm³/mol. The number of carbonyl (C=O) groups excluding carboxylic acids is 3. The molecule has 0 aliphatic carbocycles. The zero-order chi connectivity index (χ0) is 24.4. The number of nitrogens with one attached hydrogen (secondary N) is 1. The summed E-state index contributed by atoms with van der Waals surface area (Å²) in [4.78, 5) is 45.4. The summed E-state index contributed by atoms with van der Waals surface area (Å²) in [6.45, 7) is -0.480. The molecule has 4 aromatic rings. The fourth-order valence-electron chi connectivity index (χ4n) is 3.95. The number of fused-ring (bicyclic) bond motifs is 2. The van der Waals surface area contributed by atoms with Gasteiger partial charge in [0.2, 0.25) is 0 Å². The lowest BCUT2D eigenvalue weighted by Gasteiger charge is -2.33. The van der Waals surface area contributed by atoms with E-state index in [1.165, 1.54) is 23.3 Å². The van der Waals surface area contributed by atoms with Gasteiger partial charge in [0, 0.05) is 12.4 Å². The predicted octanol–water partition coefficient (Wildman–Crippen LogP) is 3.66. The van der Waals surface area contributed by atoms with E-state index in [1.807, 2.05) is 35.7 Å². The molecule has 0 unspecified atom stereocenters. The van der Waals surface area contributed by atoms with Crippen molar-refractivity contribution in [2.24, 2.45) is 0 Å². The number of carbonyl (C=O) groups is 3. The molecule has 1 atom stereocenters. The second-order valence-corrected chi connectivity index (χ2v) is 8.77. The number of aromatic nitrogens is 1. The summed E-state index contributed by atoms with van der Waals surface area (Å²) in [5, 5.41) is 5.12. The number of benzene rings is 2. The van der Waals surface area contributed by atoms with E-state index in [2.05, 4.69) is 10.3 Å². The molecule has 5 rings (SSSR count). The molecule has 2 aromatic carbocycles. The Morgan fingerprint density at radius 2 is 1.91 bits per heavy atom. The van der Waals surface area contributed by atoms with Crippen LogP contribution in [0.25, 0.3) is 21.5 Å². The number of esters is 1. The third kappa shape index (κ3) is 4.45. The molecule has 1 N–H and O–H groups in total. The number of ether oxygens (including phenoxy) is 2. The highest BCUT2D eigenvalue weighted by atomic mass is 32.1. The second-order valence-electron chi connectivity index (χ2n) is 7.82. The smallest absolute Gasteiger partial charge is 0.339 e. The lowest BCUT2D eigenvalue weighted by atomic mass is 10.1. The van der Waals surface area contributed by atoms with E-state index < -0.39 is 24.6 Å². The number of para-hydroxylation sites is 3. The number of thiophene rings is 1. The van der Waals surface area contributed by atoms with Crippen LogP contribution in [0, 0.1) is 0 Å². The van der Waals surface area contributed by atoms with E-state index in [-0.39, 0.29) is 12.5 Å². The molecule has 8 nitrogen and oxygen atoms in total. The van der Waals surface area contributed by atoms with Crippen LogP contribution in [0.5, 0.6) is 5.75 Å². The fraction of sp³-hybridized carbons (Fsp3) is 0.154. The lowest BCUT2D eigenvalue weighted by molar-refractivity contribution is -0.128. The van der Waals surface area contributed by atoms with Crippen LogP contribution < -0.4 is 15.0 Å². The van der Waals surface area contributed by atoms with Crippen molar-refractivity contribution >= 4 is 45.7 Å². The number of hydrogen-bond donors (Lipinski definition) is 1. The van der Waals surface area contributed by atoms with Crippen molar-refractivity contribution < 1.29 is 23.9 Å². The molecule has 0 radical (unpaired) electrons. The molecule has 0 spiro atoms. The first-order chi connectivity index (χ1) is 17.0. The maximum absolute atomic E-state index is 13.1. The van der Waals surface area contributed by atoms with E-state index in [0.717, 1.165) is 4.88 Å². The van der Waals surface area contributed by atoms with Gasteiger partial charge in [0.25, 0.3) is 11.8 Å². The topological polar surface area (TPSA) is 97.8 Å². The summed E-state index contributed by atoms with van der Waals surface area (Å²) in [6.07, 6.45) is -0.868. The van der Waals surface area contributed by atoms with Crippen LogP contribution in [-0.4, -0.2) is 49.1 Å². The largest absolute Gasteiger partial charge is 0.477 e. The number of pyridine rings is 1. The number of rotatable bonds is 5. The Kier molecular flexibility index (Phi) is 6.15. The van der Waals surface area contributed by atoms with Crippen LogP contribution in [0.3, 0.4) is 0 Å². The summed E-state index contributed by atoms with van der Waals surface area (Å²) in [7, 11) is 1.50. The summed E-state index contributed by atoms with van der Waals surface area (Å²) in [5.74, 6) is -1.02. The molecule has 1 aliphatic rings. The van der Waals surface area contributed by atoms with E-state index in [4.69, 9.17) is 9.47 Å². The Labute approximate surface area is 205 Å². The highest BCUT2D eigenvalue weighted by Crippen LogP contribution is 2.33. The fourth-order valence-corrected chi connectivity index (χ4v) is 4.63. The molecule has 0 saturated heterocycles. The SMILES string of the molecule is CNC(=O)[C@@H]1CN(C(=O)COC(=O)c2cc(-c3cccs3)nc3ccccc23)c2ccccc2O1. The average Bonchev–Trinajstić information content (AvgIpc) is 3.45. The van der Waals surface area contributed by atoms with Crippen LogP contribution in [0.4, 0.5) is 5.69 Å². The molecule has 2 aromatic heterocycles. The number of likely N-dealkylation sites (N-methyl/N-ethyl adjacent to an activating group) is 1. The van der Waals surface area contributed by atoms with Gasteiger partial charge >= 0.3 is 5.97 Å². The zero-order valence-electron chi connectivity index (χ0n) is 18.8. The van der Waals surface area contributed by atoms with Crippen LogP contribution in [0.15, 0.2) is 72.1 Å². The molecule has 3 heterocycles. The molecule has 176 valence electrons. The monoisotopic (exact) mass is 487 g/mol. The molecule has 9 heteroatoms. The van der Waals surface area contributed by atoms with Gasteiger partial charge in [-0.3, -0.25) is 9.59 Å². The molecule has 0 fully saturated rings. The minimum atomic E-state index is -0.868. The molecule has 0 bridgehead atoms. The number of anilines is 1. The Bertz CT molecular complexity index is 1420. The Hall–Kier alpha value is -4.24. The van der Waals surface area contributed by atoms with Crippen molar-refractivity contribution in [3.05, 3.63) is 77.7 Å². The van der Waals surface area contributed by atoms with Gasteiger partial charge in [0.15, 0.2) is 12.7 Å². The molecular weight excluding hydrogens is 466 g/mol. The molecular formula is C26H21N3O5S.